The maximum absolute atomic E-state index is 12.1. The molecule has 2 aromatic rings. The lowest BCUT2D eigenvalue weighted by molar-refractivity contribution is -0.149. The van der Waals surface area contributed by atoms with E-state index in [4.69, 9.17) is 14.6 Å². The number of benzene rings is 2. The molecule has 1 amide bonds. The van der Waals surface area contributed by atoms with Crippen LogP contribution in [-0.2, 0) is 14.3 Å². The zero-order valence-corrected chi connectivity index (χ0v) is 14.8. The van der Waals surface area contributed by atoms with Gasteiger partial charge in [0.05, 0.1) is 0 Å². The first-order valence-corrected chi connectivity index (χ1v) is 9.08. The number of rotatable bonds is 5. The van der Waals surface area contributed by atoms with Crippen LogP contribution >= 0.6 is 0 Å². The number of carboxylic acids is 1. The molecule has 1 aliphatic carbocycles. The van der Waals surface area contributed by atoms with Crippen molar-refractivity contribution in [2.45, 2.75) is 18.4 Å². The molecule has 2 atom stereocenters. The van der Waals surface area contributed by atoms with Crippen molar-refractivity contribution in [1.29, 1.82) is 0 Å². The van der Waals surface area contributed by atoms with E-state index in [2.05, 4.69) is 29.6 Å². The van der Waals surface area contributed by atoms with Crippen molar-refractivity contribution < 1.29 is 24.2 Å². The zero-order chi connectivity index (χ0) is 18.8. The number of fused-ring (bicyclic) bond motifs is 3. The van der Waals surface area contributed by atoms with Gasteiger partial charge in [-0.2, -0.15) is 0 Å². The number of carbonyl (C=O) groups is 2. The van der Waals surface area contributed by atoms with E-state index >= 15 is 0 Å². The van der Waals surface area contributed by atoms with Crippen LogP contribution < -0.4 is 5.32 Å². The molecular weight excluding hydrogens is 346 g/mol. The number of amides is 1. The minimum absolute atomic E-state index is 0.00438. The van der Waals surface area contributed by atoms with E-state index in [1.807, 2.05) is 24.3 Å². The summed E-state index contributed by atoms with van der Waals surface area (Å²) in [7, 11) is 0. The molecule has 2 aromatic carbocycles. The maximum Gasteiger partial charge on any atom is 0.407 e. The van der Waals surface area contributed by atoms with Crippen molar-refractivity contribution in [1.82, 2.24) is 5.32 Å². The van der Waals surface area contributed by atoms with Gasteiger partial charge in [0.2, 0.25) is 0 Å². The van der Waals surface area contributed by atoms with Gasteiger partial charge in [0, 0.05) is 25.0 Å². The van der Waals surface area contributed by atoms with E-state index in [1.165, 1.54) is 11.1 Å². The van der Waals surface area contributed by atoms with Crippen LogP contribution in [0, 0.1) is 5.92 Å². The second-order valence-electron chi connectivity index (χ2n) is 6.88. The minimum atomic E-state index is -0.994. The summed E-state index contributed by atoms with van der Waals surface area (Å²) in [6.45, 7) is 0.866. The Morgan fingerprint density at radius 1 is 1.07 bits per heavy atom. The van der Waals surface area contributed by atoms with Crippen LogP contribution in [0.1, 0.15) is 23.5 Å². The first-order chi connectivity index (χ1) is 13.1. The summed E-state index contributed by atoms with van der Waals surface area (Å²) in [6, 6.07) is 16.3. The van der Waals surface area contributed by atoms with Crippen molar-refractivity contribution in [2.75, 3.05) is 19.8 Å². The molecule has 1 heterocycles. The zero-order valence-electron chi connectivity index (χ0n) is 14.8. The highest BCUT2D eigenvalue weighted by atomic mass is 16.5. The molecule has 1 saturated heterocycles. The molecule has 1 fully saturated rings. The Labute approximate surface area is 157 Å². The quantitative estimate of drug-likeness (QED) is 0.849. The van der Waals surface area contributed by atoms with Crippen molar-refractivity contribution in [3.05, 3.63) is 59.7 Å². The lowest BCUT2D eigenvalue weighted by Crippen LogP contribution is -2.36. The topological polar surface area (TPSA) is 84.9 Å². The SMILES string of the molecule is O=C(NCC1CCOC1C(=O)O)OCC1c2ccccc2-c2ccccc21. The molecule has 27 heavy (non-hydrogen) atoms. The van der Waals surface area contributed by atoms with Gasteiger partial charge in [0.15, 0.2) is 6.10 Å². The van der Waals surface area contributed by atoms with Crippen molar-refractivity contribution in [3.63, 3.8) is 0 Å². The summed E-state index contributed by atoms with van der Waals surface area (Å²) in [4.78, 5) is 23.3. The van der Waals surface area contributed by atoms with Gasteiger partial charge in [0.25, 0.3) is 0 Å². The molecule has 1 aliphatic heterocycles. The van der Waals surface area contributed by atoms with Gasteiger partial charge in [-0.15, -0.1) is 0 Å². The van der Waals surface area contributed by atoms with Crippen molar-refractivity contribution >= 4 is 12.1 Å². The molecule has 0 aromatic heterocycles. The highest BCUT2D eigenvalue weighted by Gasteiger charge is 2.34. The molecular formula is C21H21NO5. The van der Waals surface area contributed by atoms with E-state index < -0.39 is 18.2 Å². The molecule has 0 saturated carbocycles. The molecule has 2 N–H and O–H groups in total. The smallest absolute Gasteiger partial charge is 0.407 e. The van der Waals surface area contributed by atoms with Gasteiger partial charge in [-0.3, -0.25) is 0 Å². The average Bonchev–Trinajstić information content (AvgIpc) is 3.28. The Balaban J connectivity index is 1.37. The molecule has 0 bridgehead atoms. The Bertz CT molecular complexity index is 820. The summed E-state index contributed by atoms with van der Waals surface area (Å²) >= 11 is 0. The maximum atomic E-state index is 12.1. The third-order valence-corrected chi connectivity index (χ3v) is 5.31. The van der Waals surface area contributed by atoms with Crippen LogP contribution in [0.15, 0.2) is 48.5 Å². The van der Waals surface area contributed by atoms with Gasteiger partial charge in [-0.25, -0.2) is 9.59 Å². The van der Waals surface area contributed by atoms with Crippen LogP contribution in [0.3, 0.4) is 0 Å². The summed E-state index contributed by atoms with van der Waals surface area (Å²) in [5.74, 6) is -1.22. The standard InChI is InChI=1S/C21H21NO5/c23-20(24)19-13(9-10-26-19)11-22-21(25)27-12-18-16-7-3-1-5-14(16)15-6-2-4-8-17(15)18/h1-8,13,18-19H,9-12H2,(H,22,25)(H,23,24). The highest BCUT2D eigenvalue weighted by Crippen LogP contribution is 2.44. The van der Waals surface area contributed by atoms with Gasteiger partial charge in [-0.05, 0) is 28.7 Å². The number of carboxylic acid groups (broad SMARTS) is 1. The van der Waals surface area contributed by atoms with Crippen LogP contribution in [0.2, 0.25) is 0 Å². The Hall–Kier alpha value is -2.86. The monoisotopic (exact) mass is 367 g/mol. The van der Waals surface area contributed by atoms with Gasteiger partial charge >= 0.3 is 12.1 Å². The minimum Gasteiger partial charge on any atom is -0.479 e. The van der Waals surface area contributed by atoms with E-state index in [-0.39, 0.29) is 25.0 Å². The van der Waals surface area contributed by atoms with E-state index in [0.717, 1.165) is 11.1 Å². The fraction of sp³-hybridized carbons (Fsp3) is 0.333. The first kappa shape index (κ1) is 17.5. The summed E-state index contributed by atoms with van der Waals surface area (Å²) in [5, 5.41) is 11.8. The summed E-state index contributed by atoms with van der Waals surface area (Å²) in [5.41, 5.74) is 4.66. The van der Waals surface area contributed by atoms with Gasteiger partial charge in [-0.1, -0.05) is 48.5 Å². The molecule has 0 radical (unpaired) electrons. The number of alkyl carbamates (subject to hydrolysis) is 1. The second kappa shape index (κ2) is 7.40. The number of nitrogens with one attached hydrogen (secondary N) is 1. The Morgan fingerprint density at radius 2 is 1.70 bits per heavy atom. The lowest BCUT2D eigenvalue weighted by atomic mass is 9.98. The molecule has 4 rings (SSSR count). The number of carbonyl (C=O) groups excluding carboxylic acids is 1. The first-order valence-electron chi connectivity index (χ1n) is 9.08. The number of ether oxygens (including phenoxy) is 2. The van der Waals surface area contributed by atoms with Crippen LogP contribution in [-0.4, -0.2) is 43.0 Å². The third kappa shape index (κ3) is 3.40. The molecule has 140 valence electrons. The van der Waals surface area contributed by atoms with Crippen molar-refractivity contribution in [2.24, 2.45) is 5.92 Å². The van der Waals surface area contributed by atoms with Gasteiger partial charge in [0.1, 0.15) is 6.61 Å². The fourth-order valence-corrected chi connectivity index (χ4v) is 3.98. The predicted molar refractivity (Wildman–Crippen MR) is 98.6 cm³/mol. The van der Waals surface area contributed by atoms with Gasteiger partial charge < -0.3 is 19.9 Å². The highest BCUT2D eigenvalue weighted by molar-refractivity contribution is 5.79. The lowest BCUT2D eigenvalue weighted by Gasteiger charge is -2.17. The number of aliphatic carboxylic acids is 1. The summed E-state index contributed by atoms with van der Waals surface area (Å²) in [6.07, 6.45) is -0.785. The largest absolute Gasteiger partial charge is 0.479 e. The van der Waals surface area contributed by atoms with E-state index in [0.29, 0.717) is 13.0 Å². The number of hydrogen-bond acceptors (Lipinski definition) is 4. The normalized spacial score (nSPS) is 20.7. The summed E-state index contributed by atoms with van der Waals surface area (Å²) < 4.78 is 10.6. The van der Waals surface area contributed by atoms with Crippen LogP contribution in [0.4, 0.5) is 4.79 Å². The Morgan fingerprint density at radius 3 is 2.33 bits per heavy atom. The number of hydrogen-bond donors (Lipinski definition) is 2. The van der Waals surface area contributed by atoms with Crippen LogP contribution in [0.5, 0.6) is 0 Å². The molecule has 2 aliphatic rings. The molecule has 2 unspecified atom stereocenters. The third-order valence-electron chi connectivity index (χ3n) is 5.31. The molecule has 6 heteroatoms. The van der Waals surface area contributed by atoms with Crippen LogP contribution in [0.25, 0.3) is 11.1 Å². The van der Waals surface area contributed by atoms with Crippen molar-refractivity contribution in [3.8, 4) is 11.1 Å². The second-order valence-corrected chi connectivity index (χ2v) is 6.88. The predicted octanol–water partition coefficient (Wildman–Crippen LogP) is 3.01. The van der Waals surface area contributed by atoms with E-state index in [1.54, 1.807) is 0 Å². The fourth-order valence-electron chi connectivity index (χ4n) is 3.98. The molecule has 6 nitrogen and oxygen atoms in total. The average molecular weight is 367 g/mol. The Kier molecular flexibility index (Phi) is 4.81. The molecule has 0 spiro atoms. The van der Waals surface area contributed by atoms with E-state index in [9.17, 15) is 9.59 Å².